The third kappa shape index (κ3) is 8.43. The molecular weight excluding hydrogens is 409 g/mol. The van der Waals surface area contributed by atoms with E-state index in [9.17, 15) is 4.39 Å². The van der Waals surface area contributed by atoms with Crippen molar-refractivity contribution in [3.05, 3.63) is 47.9 Å². The summed E-state index contributed by atoms with van der Waals surface area (Å²) in [5.41, 5.74) is 2.64. The highest BCUT2D eigenvalue weighted by molar-refractivity contribution is 5.60. The van der Waals surface area contributed by atoms with Crippen LogP contribution in [0.5, 0.6) is 5.75 Å². The van der Waals surface area contributed by atoms with Crippen LogP contribution in [0.15, 0.2) is 36.5 Å². The average molecular weight is 454 g/mol. The molecule has 0 aliphatic heterocycles. The lowest BCUT2D eigenvalue weighted by Crippen LogP contribution is -2.13. The van der Waals surface area contributed by atoms with Crippen LogP contribution in [0.25, 0.3) is 11.3 Å². The lowest BCUT2D eigenvalue weighted by Gasteiger charge is -2.29. The summed E-state index contributed by atoms with van der Waals surface area (Å²) in [6.45, 7) is 5.13. The third-order valence-electron chi connectivity index (χ3n) is 7.30. The Hall–Kier alpha value is -1.90. The van der Waals surface area contributed by atoms with Crippen molar-refractivity contribution in [3.63, 3.8) is 0 Å². The zero-order chi connectivity index (χ0) is 23.3. The standard InChI is InChI=1S/C30H44FNO/c1-3-5-7-8-9-11-21-33-28-22-29(31)30(32-23-28)27-19-17-26(18-20-27)25-15-13-24(14-16-25)12-10-6-4-2/h17-20,22-25H,3-16,21H2,1-2H3/t24-,25-. The van der Waals surface area contributed by atoms with E-state index < -0.39 is 0 Å². The first-order valence-corrected chi connectivity index (χ1v) is 13.6. The first kappa shape index (κ1) is 25.7. The van der Waals surface area contributed by atoms with Crippen LogP contribution in [-0.2, 0) is 0 Å². The molecule has 0 radical (unpaired) electrons. The molecule has 2 aromatic rings. The summed E-state index contributed by atoms with van der Waals surface area (Å²) >= 11 is 0. The van der Waals surface area contributed by atoms with Crippen molar-refractivity contribution in [1.29, 1.82) is 0 Å². The van der Waals surface area contributed by atoms with Gasteiger partial charge in [0, 0.05) is 11.6 Å². The van der Waals surface area contributed by atoms with Crippen molar-refractivity contribution in [2.45, 2.75) is 110 Å². The molecule has 0 atom stereocenters. The number of aromatic nitrogens is 1. The molecule has 1 fully saturated rings. The third-order valence-corrected chi connectivity index (χ3v) is 7.30. The first-order chi connectivity index (χ1) is 16.2. The van der Waals surface area contributed by atoms with E-state index in [1.165, 1.54) is 95.1 Å². The Morgan fingerprint density at radius 1 is 0.848 bits per heavy atom. The molecule has 1 saturated carbocycles. The molecule has 0 N–H and O–H groups in total. The molecule has 182 valence electrons. The van der Waals surface area contributed by atoms with Gasteiger partial charge in [0.25, 0.3) is 0 Å². The van der Waals surface area contributed by atoms with E-state index in [1.54, 1.807) is 6.20 Å². The molecule has 2 nitrogen and oxygen atoms in total. The molecule has 1 aliphatic carbocycles. The highest BCUT2D eigenvalue weighted by Gasteiger charge is 2.22. The normalized spacial score (nSPS) is 18.4. The van der Waals surface area contributed by atoms with Gasteiger partial charge in [0.1, 0.15) is 11.4 Å². The topological polar surface area (TPSA) is 22.1 Å². The van der Waals surface area contributed by atoms with Crippen LogP contribution in [0.2, 0.25) is 0 Å². The number of hydrogen-bond acceptors (Lipinski definition) is 2. The Balaban J connectivity index is 1.46. The van der Waals surface area contributed by atoms with Crippen LogP contribution < -0.4 is 4.74 Å². The minimum Gasteiger partial charge on any atom is -0.492 e. The van der Waals surface area contributed by atoms with Gasteiger partial charge in [0.05, 0.1) is 12.8 Å². The highest BCUT2D eigenvalue weighted by atomic mass is 19.1. The van der Waals surface area contributed by atoms with Crippen molar-refractivity contribution in [1.82, 2.24) is 4.98 Å². The first-order valence-electron chi connectivity index (χ1n) is 13.6. The van der Waals surface area contributed by atoms with Gasteiger partial charge in [-0.15, -0.1) is 0 Å². The molecule has 1 aromatic carbocycles. The summed E-state index contributed by atoms with van der Waals surface area (Å²) < 4.78 is 20.5. The summed E-state index contributed by atoms with van der Waals surface area (Å²) in [4.78, 5) is 4.38. The molecule has 0 spiro atoms. The maximum Gasteiger partial charge on any atom is 0.153 e. The molecule has 3 rings (SSSR count). The maximum absolute atomic E-state index is 14.7. The Bertz CT molecular complexity index is 795. The predicted octanol–water partition coefficient (Wildman–Crippen LogP) is 9.48. The molecule has 1 aliphatic rings. The lowest BCUT2D eigenvalue weighted by molar-refractivity contribution is 0.301. The molecule has 0 bridgehead atoms. The Morgan fingerprint density at radius 2 is 1.52 bits per heavy atom. The van der Waals surface area contributed by atoms with Crippen molar-refractivity contribution >= 4 is 0 Å². The molecule has 3 heteroatoms. The van der Waals surface area contributed by atoms with E-state index in [-0.39, 0.29) is 5.82 Å². The lowest BCUT2D eigenvalue weighted by atomic mass is 9.77. The van der Waals surface area contributed by atoms with Crippen LogP contribution in [0, 0.1) is 11.7 Å². The zero-order valence-corrected chi connectivity index (χ0v) is 21.0. The minimum atomic E-state index is -0.309. The van der Waals surface area contributed by atoms with Gasteiger partial charge in [-0.1, -0.05) is 95.9 Å². The quantitative estimate of drug-likeness (QED) is 0.266. The number of benzene rings is 1. The largest absolute Gasteiger partial charge is 0.492 e. The maximum atomic E-state index is 14.7. The number of rotatable bonds is 14. The fraction of sp³-hybridized carbons (Fsp3) is 0.633. The Kier molecular flexibility index (Phi) is 11.2. The van der Waals surface area contributed by atoms with E-state index >= 15 is 0 Å². The number of ether oxygens (including phenoxy) is 1. The van der Waals surface area contributed by atoms with E-state index in [1.807, 2.05) is 12.1 Å². The summed E-state index contributed by atoms with van der Waals surface area (Å²) in [6, 6.07) is 9.91. The Morgan fingerprint density at radius 3 is 2.21 bits per heavy atom. The fourth-order valence-electron chi connectivity index (χ4n) is 5.16. The zero-order valence-electron chi connectivity index (χ0n) is 21.0. The number of hydrogen-bond donors (Lipinski definition) is 0. The summed E-state index contributed by atoms with van der Waals surface area (Å²) in [6.07, 6.45) is 19.7. The van der Waals surface area contributed by atoms with Gasteiger partial charge in [-0.2, -0.15) is 0 Å². The fourth-order valence-corrected chi connectivity index (χ4v) is 5.16. The van der Waals surface area contributed by atoms with Crippen molar-refractivity contribution < 1.29 is 9.13 Å². The predicted molar refractivity (Wildman–Crippen MR) is 137 cm³/mol. The second-order valence-corrected chi connectivity index (χ2v) is 9.95. The van der Waals surface area contributed by atoms with Crippen LogP contribution in [0.4, 0.5) is 4.39 Å². The molecule has 0 unspecified atom stereocenters. The second kappa shape index (κ2) is 14.4. The Labute approximate surface area is 201 Å². The number of unbranched alkanes of at least 4 members (excludes halogenated alkanes) is 7. The number of pyridine rings is 1. The van der Waals surface area contributed by atoms with Gasteiger partial charge in [-0.05, 0) is 49.5 Å². The second-order valence-electron chi connectivity index (χ2n) is 9.95. The molecule has 33 heavy (non-hydrogen) atoms. The average Bonchev–Trinajstić information content (AvgIpc) is 2.84. The van der Waals surface area contributed by atoms with Crippen LogP contribution >= 0.6 is 0 Å². The van der Waals surface area contributed by atoms with Gasteiger partial charge in [0.15, 0.2) is 5.82 Å². The van der Waals surface area contributed by atoms with Gasteiger partial charge >= 0.3 is 0 Å². The van der Waals surface area contributed by atoms with Crippen LogP contribution in [-0.4, -0.2) is 11.6 Å². The summed E-state index contributed by atoms with van der Waals surface area (Å²) in [7, 11) is 0. The highest BCUT2D eigenvalue weighted by Crippen LogP contribution is 2.38. The summed E-state index contributed by atoms with van der Waals surface area (Å²) in [5, 5.41) is 0. The van der Waals surface area contributed by atoms with E-state index in [2.05, 4.69) is 31.0 Å². The molecule has 0 saturated heterocycles. The molecule has 1 aromatic heterocycles. The van der Waals surface area contributed by atoms with E-state index in [0.29, 0.717) is 24.0 Å². The monoisotopic (exact) mass is 453 g/mol. The van der Waals surface area contributed by atoms with Crippen molar-refractivity contribution in [2.75, 3.05) is 6.61 Å². The summed E-state index contributed by atoms with van der Waals surface area (Å²) in [5.74, 6) is 1.79. The van der Waals surface area contributed by atoms with Crippen LogP contribution in [0.3, 0.4) is 0 Å². The van der Waals surface area contributed by atoms with Gasteiger partial charge in [-0.25, -0.2) is 9.37 Å². The molecule has 1 heterocycles. The van der Waals surface area contributed by atoms with Gasteiger partial charge in [0.2, 0.25) is 0 Å². The van der Waals surface area contributed by atoms with Gasteiger partial charge < -0.3 is 4.74 Å². The van der Waals surface area contributed by atoms with Crippen molar-refractivity contribution in [2.24, 2.45) is 5.92 Å². The van der Waals surface area contributed by atoms with Gasteiger partial charge in [-0.3, -0.25) is 0 Å². The minimum absolute atomic E-state index is 0.309. The molecule has 0 amide bonds. The number of halogens is 1. The SMILES string of the molecule is CCCCCCCCOc1cnc(-c2ccc([C@H]3CC[C@H](CCCCC)CC3)cc2)c(F)c1. The van der Waals surface area contributed by atoms with Crippen molar-refractivity contribution in [3.8, 4) is 17.0 Å². The van der Waals surface area contributed by atoms with E-state index in [4.69, 9.17) is 4.74 Å². The smallest absolute Gasteiger partial charge is 0.153 e. The number of nitrogens with zero attached hydrogens (tertiary/aromatic N) is 1. The van der Waals surface area contributed by atoms with E-state index in [0.717, 1.165) is 17.9 Å². The van der Waals surface area contributed by atoms with Crippen LogP contribution in [0.1, 0.15) is 115 Å². The molecular formula is C30H44FNO.